The molecule has 46 heavy (non-hydrogen) atoms. The maximum atomic E-state index is 13.3. The third-order valence-electron chi connectivity index (χ3n) is 5.80. The van der Waals surface area contributed by atoms with E-state index in [-0.39, 0.29) is 57.0 Å². The smallest absolute Gasteiger partial charge is 0.731 e. The van der Waals surface area contributed by atoms with Crippen LogP contribution in [0.15, 0.2) is 34.8 Å². The number of alkyl halides is 1. The van der Waals surface area contributed by atoms with Gasteiger partial charge in [-0.05, 0) is 31.5 Å². The van der Waals surface area contributed by atoms with Gasteiger partial charge in [0.1, 0.15) is 24.2 Å². The number of nitro groups is 1. The van der Waals surface area contributed by atoms with Gasteiger partial charge in [-0.25, -0.2) is 22.5 Å². The summed E-state index contributed by atoms with van der Waals surface area (Å²) in [5.74, 6) is -5.77. The van der Waals surface area contributed by atoms with Gasteiger partial charge in [-0.3, -0.25) is 29.3 Å². The second-order valence-corrected chi connectivity index (χ2v) is 11.7. The molecule has 3 rings (SSSR count). The van der Waals surface area contributed by atoms with E-state index in [1.807, 2.05) is 0 Å². The number of esters is 1. The zero-order valence-electron chi connectivity index (χ0n) is 24.3. The van der Waals surface area contributed by atoms with Gasteiger partial charge < -0.3 is 30.1 Å². The zero-order valence-corrected chi connectivity index (χ0v) is 28.7. The van der Waals surface area contributed by atoms with Crippen molar-refractivity contribution in [3.05, 3.63) is 51.0 Å². The van der Waals surface area contributed by atoms with E-state index in [1.165, 1.54) is 43.5 Å². The van der Waals surface area contributed by atoms with E-state index >= 15 is 0 Å². The molecule has 4 amide bonds. The molecule has 0 saturated carbocycles. The molecule has 1 aromatic carbocycles. The van der Waals surface area contributed by atoms with Gasteiger partial charge >= 0.3 is 35.5 Å². The number of benzene rings is 1. The van der Waals surface area contributed by atoms with Crippen LogP contribution < -0.4 is 45.5 Å². The number of ether oxygens (including phenoxy) is 1. The number of hydrogen-bond acceptors (Lipinski definition) is 15. The van der Waals surface area contributed by atoms with Crippen molar-refractivity contribution in [1.29, 1.82) is 0 Å². The van der Waals surface area contributed by atoms with Gasteiger partial charge in [0.25, 0.3) is 17.5 Å². The molecule has 1 aliphatic rings. The van der Waals surface area contributed by atoms with Crippen LogP contribution in [0.25, 0.3) is 0 Å². The fraction of sp³-hybridized carbons (Fsp3) is 0.348. The Labute approximate surface area is 291 Å². The van der Waals surface area contributed by atoms with Crippen LogP contribution in [0.5, 0.6) is 0 Å². The van der Waals surface area contributed by atoms with Crippen molar-refractivity contribution in [1.82, 2.24) is 19.9 Å². The van der Waals surface area contributed by atoms with Gasteiger partial charge in [-0.15, -0.1) is 22.9 Å². The number of carbonyl (C=O) groups excluding carboxylic acids is 5. The SMILES string of the molecule is CNC(=O)C1C(NC(=O)C(=NOC(C)(C)C(=O)OCc2ccc([N+](=O)[O-])cc2)c2csc(NC(=O)CCl)n2)C(=O)N1S(=O)(=O)[O-].[Na+]. The molecule has 1 aliphatic heterocycles. The Morgan fingerprint density at radius 3 is 2.39 bits per heavy atom. The summed E-state index contributed by atoms with van der Waals surface area (Å²) in [7, 11) is -4.31. The fourth-order valence-corrected chi connectivity index (χ4v) is 5.11. The Balaban J connectivity index is 0.00000736. The first-order valence-electron chi connectivity index (χ1n) is 12.3. The van der Waals surface area contributed by atoms with Gasteiger partial charge in [0.2, 0.25) is 17.4 Å². The normalized spacial score (nSPS) is 16.3. The summed E-state index contributed by atoms with van der Waals surface area (Å²) in [5.41, 5.74) is -2.58. The zero-order chi connectivity index (χ0) is 33.7. The van der Waals surface area contributed by atoms with Crippen molar-refractivity contribution in [2.24, 2.45) is 5.16 Å². The number of carbonyl (C=O) groups is 5. The molecule has 0 bridgehead atoms. The Bertz CT molecular complexity index is 1670. The molecular weight excluding hydrogens is 689 g/mol. The van der Waals surface area contributed by atoms with Crippen LogP contribution >= 0.6 is 22.9 Å². The van der Waals surface area contributed by atoms with Crippen molar-refractivity contribution in [3.8, 4) is 0 Å². The maximum absolute atomic E-state index is 13.3. The quantitative estimate of drug-likeness (QED) is 0.0265. The van der Waals surface area contributed by atoms with Crippen molar-refractivity contribution in [2.75, 3.05) is 18.2 Å². The summed E-state index contributed by atoms with van der Waals surface area (Å²) in [4.78, 5) is 82.0. The number of anilines is 1. The van der Waals surface area contributed by atoms with Crippen LogP contribution in [-0.4, -0.2) is 93.1 Å². The molecule has 1 aromatic heterocycles. The van der Waals surface area contributed by atoms with E-state index in [0.717, 1.165) is 18.4 Å². The Morgan fingerprint density at radius 2 is 1.85 bits per heavy atom. The summed E-state index contributed by atoms with van der Waals surface area (Å²) in [6, 6.07) is 1.43. The predicted octanol–water partition coefficient (Wildman–Crippen LogP) is -3.62. The molecule has 3 N–H and O–H groups in total. The Hall–Kier alpha value is -3.73. The molecular formula is C23H23ClN7NaO12S2. The van der Waals surface area contributed by atoms with E-state index in [2.05, 4.69) is 26.1 Å². The first-order chi connectivity index (χ1) is 21.0. The Morgan fingerprint density at radius 1 is 1.22 bits per heavy atom. The number of nitro benzene ring substituents is 1. The van der Waals surface area contributed by atoms with Crippen LogP contribution in [0.3, 0.4) is 0 Å². The first-order valence-corrected chi connectivity index (χ1v) is 15.1. The minimum absolute atomic E-state index is 0. The number of thiazole rings is 1. The monoisotopic (exact) mass is 711 g/mol. The largest absolute Gasteiger partial charge is 1.00 e. The van der Waals surface area contributed by atoms with Crippen LogP contribution in [-0.2, 0) is 50.5 Å². The average molecular weight is 712 g/mol. The molecule has 1 saturated heterocycles. The number of oxime groups is 1. The van der Waals surface area contributed by atoms with Crippen LogP contribution in [0.2, 0.25) is 0 Å². The summed E-state index contributed by atoms with van der Waals surface area (Å²) in [6.07, 6.45) is 0. The molecule has 2 heterocycles. The van der Waals surface area contributed by atoms with E-state index in [0.29, 0.717) is 5.56 Å². The van der Waals surface area contributed by atoms with E-state index in [9.17, 15) is 47.1 Å². The molecule has 2 atom stereocenters. The summed E-state index contributed by atoms with van der Waals surface area (Å²) in [5, 5.41) is 22.3. The van der Waals surface area contributed by atoms with Gasteiger partial charge in [-0.1, -0.05) is 5.16 Å². The number of halogens is 1. The van der Waals surface area contributed by atoms with Gasteiger partial charge in [-0.2, -0.15) is 0 Å². The number of hydrogen-bond donors (Lipinski definition) is 3. The maximum Gasteiger partial charge on any atom is 1.00 e. The second kappa shape index (κ2) is 15.7. The van der Waals surface area contributed by atoms with Crippen molar-refractivity contribution < 1.29 is 81.0 Å². The van der Waals surface area contributed by atoms with E-state index in [1.54, 1.807) is 0 Å². The number of rotatable bonds is 13. The fourth-order valence-electron chi connectivity index (χ4n) is 3.50. The number of likely N-dealkylation sites (N-methyl/N-ethyl adjacent to an activating group) is 1. The molecule has 242 valence electrons. The van der Waals surface area contributed by atoms with Gasteiger partial charge in [0.05, 0.1) is 4.92 Å². The second-order valence-electron chi connectivity index (χ2n) is 9.36. The summed E-state index contributed by atoms with van der Waals surface area (Å²) >= 11 is 6.30. The number of nitrogens with zero attached hydrogens (tertiary/aromatic N) is 4. The molecule has 0 spiro atoms. The molecule has 0 aliphatic carbocycles. The number of aromatic nitrogens is 1. The minimum atomic E-state index is -5.42. The third-order valence-corrected chi connectivity index (χ3v) is 7.69. The average Bonchev–Trinajstić information content (AvgIpc) is 3.43. The molecule has 0 radical (unpaired) electrons. The molecule has 2 aromatic rings. The number of β-lactam (4-membered cyclic amide) rings is 1. The Kier molecular flexibility index (Phi) is 13.1. The number of nitrogens with one attached hydrogen (secondary N) is 3. The molecule has 23 heteroatoms. The van der Waals surface area contributed by atoms with Gasteiger partial charge in [0, 0.05) is 24.6 Å². The summed E-state index contributed by atoms with van der Waals surface area (Å²) in [6.45, 7) is 2.15. The van der Waals surface area contributed by atoms with Crippen molar-refractivity contribution >= 4 is 79.4 Å². The van der Waals surface area contributed by atoms with Crippen LogP contribution in [0.1, 0.15) is 25.1 Å². The van der Waals surface area contributed by atoms with Crippen LogP contribution in [0, 0.1) is 10.1 Å². The topological polar surface area (TPSA) is 269 Å². The van der Waals surface area contributed by atoms with Gasteiger partial charge in [0.15, 0.2) is 27.2 Å². The van der Waals surface area contributed by atoms with Crippen LogP contribution in [0.4, 0.5) is 10.8 Å². The van der Waals surface area contributed by atoms with E-state index < -0.39 is 74.1 Å². The minimum Gasteiger partial charge on any atom is -0.731 e. The number of amides is 4. The standard InChI is InChI=1S/C23H24ClN7O12S2.Na/c1-23(2,21(36)42-9-11-4-6-12(7-5-11)31(37)38)43-29-15(13-10-44-22(26-13)27-14(32)8-24)18(33)28-16-17(19(34)25-3)30(20(16)35)45(39,40)41;/h4-7,10,16-17H,8-9H2,1-3H3,(H,25,34)(H,28,33)(H,26,27,32)(H,39,40,41);/q;+1/p-1. The molecule has 1 fully saturated rings. The number of non-ortho nitro benzene ring substituents is 1. The first kappa shape index (κ1) is 38.5. The molecule has 19 nitrogen and oxygen atoms in total. The van der Waals surface area contributed by atoms with Crippen molar-refractivity contribution in [3.63, 3.8) is 0 Å². The van der Waals surface area contributed by atoms with E-state index in [4.69, 9.17) is 21.2 Å². The predicted molar refractivity (Wildman–Crippen MR) is 152 cm³/mol. The summed E-state index contributed by atoms with van der Waals surface area (Å²) < 4.78 is 39.5. The molecule has 2 unspecified atom stereocenters. The van der Waals surface area contributed by atoms with Crippen molar-refractivity contribution in [2.45, 2.75) is 38.1 Å². The third kappa shape index (κ3) is 9.18.